The maximum Gasteiger partial charge on any atom is 0.289 e. The summed E-state index contributed by atoms with van der Waals surface area (Å²) in [6.45, 7) is 2.50. The van der Waals surface area contributed by atoms with Crippen LogP contribution in [0.25, 0.3) is 11.3 Å². The van der Waals surface area contributed by atoms with Gasteiger partial charge in [-0.2, -0.15) is 10.2 Å². The van der Waals surface area contributed by atoms with Crippen molar-refractivity contribution in [3.63, 3.8) is 0 Å². The summed E-state index contributed by atoms with van der Waals surface area (Å²) in [5.41, 5.74) is 4.96. The monoisotopic (exact) mass is 350 g/mol. The third-order valence-electron chi connectivity index (χ3n) is 3.54. The molecule has 0 atom stereocenters. The number of aromatic hydroxyl groups is 1. The van der Waals surface area contributed by atoms with Crippen LogP contribution in [-0.2, 0) is 0 Å². The van der Waals surface area contributed by atoms with Crippen molar-refractivity contribution in [2.45, 2.75) is 6.92 Å². The van der Waals surface area contributed by atoms with Gasteiger partial charge in [0.2, 0.25) is 0 Å². The van der Waals surface area contributed by atoms with Crippen LogP contribution in [0.4, 0.5) is 0 Å². The fourth-order valence-corrected chi connectivity index (χ4v) is 2.28. The number of phenols is 1. The van der Waals surface area contributed by atoms with E-state index in [0.717, 1.165) is 16.9 Å². The molecule has 1 heterocycles. The highest BCUT2D eigenvalue weighted by atomic mass is 16.5. The third-order valence-corrected chi connectivity index (χ3v) is 3.54. The van der Waals surface area contributed by atoms with Crippen molar-refractivity contribution in [2.75, 3.05) is 6.61 Å². The minimum absolute atomic E-state index is 0.171. The Labute approximate surface area is 150 Å². The van der Waals surface area contributed by atoms with Crippen molar-refractivity contribution in [2.24, 2.45) is 5.10 Å². The molecule has 0 aliphatic heterocycles. The van der Waals surface area contributed by atoms with Gasteiger partial charge in [0.05, 0.1) is 18.5 Å². The van der Waals surface area contributed by atoms with E-state index in [0.29, 0.717) is 18.0 Å². The van der Waals surface area contributed by atoms with E-state index in [-0.39, 0.29) is 5.75 Å². The number of aromatic amines is 1. The molecule has 0 aliphatic carbocycles. The summed E-state index contributed by atoms with van der Waals surface area (Å²) < 4.78 is 5.47. The molecule has 3 N–H and O–H groups in total. The van der Waals surface area contributed by atoms with Crippen LogP contribution in [-0.4, -0.2) is 34.0 Å². The predicted molar refractivity (Wildman–Crippen MR) is 98.4 cm³/mol. The molecule has 0 unspecified atom stereocenters. The van der Waals surface area contributed by atoms with Crippen molar-refractivity contribution in [1.82, 2.24) is 15.6 Å². The SMILES string of the molecule is CCOc1cccc(-c2cc(C(=O)N/N=C/c3ccc(O)cc3)[nH]n2)c1. The van der Waals surface area contributed by atoms with Crippen molar-refractivity contribution in [3.8, 4) is 22.8 Å². The summed E-state index contributed by atoms with van der Waals surface area (Å²) >= 11 is 0. The molecule has 2 aromatic carbocycles. The highest BCUT2D eigenvalue weighted by Crippen LogP contribution is 2.22. The molecule has 3 aromatic rings. The zero-order valence-electron chi connectivity index (χ0n) is 14.1. The van der Waals surface area contributed by atoms with Gasteiger partial charge in [0, 0.05) is 5.56 Å². The van der Waals surface area contributed by atoms with Crippen LogP contribution >= 0.6 is 0 Å². The zero-order valence-corrected chi connectivity index (χ0v) is 14.1. The summed E-state index contributed by atoms with van der Waals surface area (Å²) in [4.78, 5) is 12.1. The van der Waals surface area contributed by atoms with Gasteiger partial charge in [-0.1, -0.05) is 12.1 Å². The molecule has 7 nitrogen and oxygen atoms in total. The number of carbonyl (C=O) groups excluding carboxylic acids is 1. The molecule has 0 saturated heterocycles. The van der Waals surface area contributed by atoms with E-state index in [1.807, 2.05) is 31.2 Å². The second kappa shape index (κ2) is 7.98. The van der Waals surface area contributed by atoms with Crippen molar-refractivity contribution in [1.29, 1.82) is 0 Å². The average molecular weight is 350 g/mol. The number of ether oxygens (including phenoxy) is 1. The van der Waals surface area contributed by atoms with Gasteiger partial charge >= 0.3 is 0 Å². The molecular weight excluding hydrogens is 332 g/mol. The lowest BCUT2D eigenvalue weighted by Crippen LogP contribution is -2.17. The number of H-pyrrole nitrogens is 1. The number of hydrogen-bond acceptors (Lipinski definition) is 5. The molecule has 0 saturated carbocycles. The number of nitrogens with zero attached hydrogens (tertiary/aromatic N) is 2. The van der Waals surface area contributed by atoms with Crippen LogP contribution in [0.15, 0.2) is 59.7 Å². The van der Waals surface area contributed by atoms with Gasteiger partial charge in [0.25, 0.3) is 5.91 Å². The zero-order chi connectivity index (χ0) is 18.4. The molecule has 1 amide bonds. The number of nitrogens with one attached hydrogen (secondary N) is 2. The number of carbonyl (C=O) groups is 1. The first-order valence-electron chi connectivity index (χ1n) is 8.07. The van der Waals surface area contributed by atoms with Gasteiger partial charge < -0.3 is 9.84 Å². The van der Waals surface area contributed by atoms with Gasteiger partial charge in [0.1, 0.15) is 17.2 Å². The van der Waals surface area contributed by atoms with E-state index in [9.17, 15) is 9.90 Å². The van der Waals surface area contributed by atoms with Crippen molar-refractivity contribution < 1.29 is 14.6 Å². The summed E-state index contributed by atoms with van der Waals surface area (Å²) in [6, 6.07) is 15.6. The molecule has 1 aromatic heterocycles. The van der Waals surface area contributed by atoms with E-state index in [2.05, 4.69) is 20.7 Å². The summed E-state index contributed by atoms with van der Waals surface area (Å²) in [7, 11) is 0. The topological polar surface area (TPSA) is 99.6 Å². The summed E-state index contributed by atoms with van der Waals surface area (Å²) in [5.74, 6) is 0.516. The number of aromatic nitrogens is 2. The van der Waals surface area contributed by atoms with E-state index in [1.165, 1.54) is 6.21 Å². The van der Waals surface area contributed by atoms with Gasteiger partial charge in [-0.15, -0.1) is 0 Å². The van der Waals surface area contributed by atoms with E-state index < -0.39 is 5.91 Å². The number of hydrogen-bond donors (Lipinski definition) is 3. The standard InChI is InChI=1S/C19H18N4O3/c1-2-26-16-5-3-4-14(10-16)17-11-18(22-21-17)19(25)23-20-12-13-6-8-15(24)9-7-13/h3-12,24H,2H2,1H3,(H,21,22)(H,23,25)/b20-12+. The maximum atomic E-state index is 12.1. The van der Waals surface area contributed by atoms with Gasteiger partial charge in [-0.3, -0.25) is 9.89 Å². The number of benzene rings is 2. The fraction of sp³-hybridized carbons (Fsp3) is 0.105. The van der Waals surface area contributed by atoms with Gasteiger partial charge in [-0.05, 0) is 55.0 Å². The second-order valence-corrected chi connectivity index (χ2v) is 5.42. The highest BCUT2D eigenvalue weighted by molar-refractivity contribution is 5.94. The largest absolute Gasteiger partial charge is 0.508 e. The number of rotatable bonds is 6. The summed E-state index contributed by atoms with van der Waals surface area (Å²) in [5, 5.41) is 20.0. The van der Waals surface area contributed by atoms with Crippen LogP contribution in [0.2, 0.25) is 0 Å². The lowest BCUT2D eigenvalue weighted by molar-refractivity contribution is 0.0950. The molecule has 3 rings (SSSR count). The fourth-order valence-electron chi connectivity index (χ4n) is 2.28. The second-order valence-electron chi connectivity index (χ2n) is 5.42. The molecule has 132 valence electrons. The van der Waals surface area contributed by atoms with Crippen LogP contribution in [0.3, 0.4) is 0 Å². The smallest absolute Gasteiger partial charge is 0.289 e. The quantitative estimate of drug-likeness (QED) is 0.470. The molecular formula is C19H18N4O3. The normalized spacial score (nSPS) is 10.8. The Morgan fingerprint density at radius 1 is 1.27 bits per heavy atom. The number of amides is 1. The van der Waals surface area contributed by atoms with Crippen LogP contribution in [0.1, 0.15) is 23.0 Å². The average Bonchev–Trinajstić information content (AvgIpc) is 3.14. The van der Waals surface area contributed by atoms with E-state index in [4.69, 9.17) is 4.74 Å². The maximum absolute atomic E-state index is 12.1. The molecule has 0 fully saturated rings. The van der Waals surface area contributed by atoms with Crippen molar-refractivity contribution >= 4 is 12.1 Å². The first-order valence-corrected chi connectivity index (χ1v) is 8.07. The molecule has 0 bridgehead atoms. The Hall–Kier alpha value is -3.61. The van der Waals surface area contributed by atoms with Crippen LogP contribution in [0, 0.1) is 0 Å². The summed E-state index contributed by atoms with van der Waals surface area (Å²) in [6.07, 6.45) is 1.49. The van der Waals surface area contributed by atoms with E-state index >= 15 is 0 Å². The molecule has 7 heteroatoms. The van der Waals surface area contributed by atoms with Gasteiger partial charge in [-0.25, -0.2) is 5.43 Å². The molecule has 0 aliphatic rings. The van der Waals surface area contributed by atoms with Crippen LogP contribution in [0.5, 0.6) is 11.5 Å². The third kappa shape index (κ3) is 4.27. The number of hydrazone groups is 1. The number of phenolic OH excluding ortho intramolecular Hbond substituents is 1. The molecule has 26 heavy (non-hydrogen) atoms. The Morgan fingerprint density at radius 3 is 2.85 bits per heavy atom. The predicted octanol–water partition coefficient (Wildman–Crippen LogP) is 2.94. The highest BCUT2D eigenvalue weighted by Gasteiger charge is 2.11. The van der Waals surface area contributed by atoms with E-state index in [1.54, 1.807) is 30.3 Å². The minimum atomic E-state index is -0.403. The Balaban J connectivity index is 1.66. The molecule has 0 spiro atoms. The lowest BCUT2D eigenvalue weighted by atomic mass is 10.1. The van der Waals surface area contributed by atoms with Crippen molar-refractivity contribution in [3.05, 3.63) is 65.9 Å². The Morgan fingerprint density at radius 2 is 2.08 bits per heavy atom. The first kappa shape index (κ1) is 17.2. The van der Waals surface area contributed by atoms with Gasteiger partial charge in [0.15, 0.2) is 0 Å². The minimum Gasteiger partial charge on any atom is -0.508 e. The Kier molecular flexibility index (Phi) is 5.28. The first-order chi connectivity index (χ1) is 12.7. The molecule has 0 radical (unpaired) electrons. The lowest BCUT2D eigenvalue weighted by Gasteiger charge is -2.03. The Bertz CT molecular complexity index is 917. The van der Waals surface area contributed by atoms with Crippen LogP contribution < -0.4 is 10.2 Å².